The molecule has 0 unspecified atom stereocenters. The van der Waals surface area contributed by atoms with Gasteiger partial charge in [0.1, 0.15) is 0 Å². The summed E-state index contributed by atoms with van der Waals surface area (Å²) in [6.45, 7) is 0.719. The lowest BCUT2D eigenvalue weighted by molar-refractivity contribution is -0.384. The first-order valence-corrected chi connectivity index (χ1v) is 8.26. The van der Waals surface area contributed by atoms with E-state index < -0.39 is 10.8 Å². The molecule has 2 rings (SSSR count). The number of carbonyl (C=O) groups excluding carboxylic acids is 1. The Bertz CT molecular complexity index is 812. The lowest BCUT2D eigenvalue weighted by Gasteiger charge is -2.23. The Morgan fingerprint density at radius 3 is 2.54 bits per heavy atom. The molecule has 0 aliphatic carbocycles. The number of carbonyl (C=O) groups is 1. The van der Waals surface area contributed by atoms with Crippen molar-refractivity contribution >= 4 is 17.3 Å². The minimum atomic E-state index is -0.428. The summed E-state index contributed by atoms with van der Waals surface area (Å²) in [6, 6.07) is 15.7. The van der Waals surface area contributed by atoms with Gasteiger partial charge in [0.05, 0.1) is 23.1 Å². The maximum absolute atomic E-state index is 11.3. The van der Waals surface area contributed by atoms with Gasteiger partial charge in [0.2, 0.25) is 5.91 Å². The molecule has 2 aromatic rings. The summed E-state index contributed by atoms with van der Waals surface area (Å²) in [6.07, 6.45) is 2.48. The maximum Gasteiger partial charge on any atom is 0.269 e. The molecule has 134 valence electrons. The van der Waals surface area contributed by atoms with Crippen molar-refractivity contribution < 1.29 is 9.72 Å². The monoisotopic (exact) mass is 352 g/mol. The first-order chi connectivity index (χ1) is 12.5. The molecule has 0 spiro atoms. The van der Waals surface area contributed by atoms with Crippen LogP contribution in [0.5, 0.6) is 0 Å². The third kappa shape index (κ3) is 5.60. The quantitative estimate of drug-likeness (QED) is 0.423. The molecular formula is C19H20N4O3. The summed E-state index contributed by atoms with van der Waals surface area (Å²) in [4.78, 5) is 23.4. The Kier molecular flexibility index (Phi) is 6.68. The van der Waals surface area contributed by atoms with E-state index in [2.05, 4.69) is 6.07 Å². The summed E-state index contributed by atoms with van der Waals surface area (Å²) in [7, 11) is 0. The largest absolute Gasteiger partial charge is 0.368 e. The van der Waals surface area contributed by atoms with Gasteiger partial charge in [0.25, 0.3) is 5.69 Å². The van der Waals surface area contributed by atoms with Gasteiger partial charge in [0.15, 0.2) is 0 Å². The number of hydrogen-bond acceptors (Lipinski definition) is 5. The third-order valence-electron chi connectivity index (χ3n) is 3.98. The normalized spacial score (nSPS) is 10.1. The fourth-order valence-corrected chi connectivity index (χ4v) is 2.68. The Morgan fingerprint density at radius 1 is 1.19 bits per heavy atom. The summed E-state index contributed by atoms with van der Waals surface area (Å²) in [5, 5.41) is 19.7. The zero-order valence-corrected chi connectivity index (χ0v) is 14.3. The van der Waals surface area contributed by atoms with E-state index in [1.54, 1.807) is 30.3 Å². The molecule has 2 N–H and O–H groups in total. The molecule has 7 heteroatoms. The lowest BCUT2D eigenvalue weighted by Crippen LogP contribution is -2.34. The molecule has 0 heterocycles. The van der Waals surface area contributed by atoms with E-state index in [4.69, 9.17) is 11.0 Å². The number of primary amides is 1. The van der Waals surface area contributed by atoms with Crippen molar-refractivity contribution in [3.8, 4) is 6.07 Å². The van der Waals surface area contributed by atoms with Gasteiger partial charge in [-0.15, -0.1) is 0 Å². The molecule has 0 saturated heterocycles. The van der Waals surface area contributed by atoms with Gasteiger partial charge in [-0.1, -0.05) is 18.2 Å². The molecule has 26 heavy (non-hydrogen) atoms. The molecule has 0 atom stereocenters. The Labute approximate surface area is 151 Å². The maximum atomic E-state index is 11.3. The van der Waals surface area contributed by atoms with E-state index in [1.807, 2.05) is 11.0 Å². The first-order valence-electron chi connectivity index (χ1n) is 8.26. The predicted molar refractivity (Wildman–Crippen MR) is 98.6 cm³/mol. The van der Waals surface area contributed by atoms with Crippen LogP contribution >= 0.6 is 0 Å². The van der Waals surface area contributed by atoms with Crippen LogP contribution in [0.4, 0.5) is 11.4 Å². The molecule has 0 radical (unpaired) electrons. The molecule has 1 amide bonds. The van der Waals surface area contributed by atoms with Gasteiger partial charge in [-0.2, -0.15) is 5.26 Å². The van der Waals surface area contributed by atoms with E-state index in [0.717, 1.165) is 30.5 Å². The number of hydrogen-bond donors (Lipinski definition) is 1. The highest BCUT2D eigenvalue weighted by atomic mass is 16.6. The van der Waals surface area contributed by atoms with Gasteiger partial charge in [-0.05, 0) is 43.0 Å². The smallest absolute Gasteiger partial charge is 0.269 e. The molecule has 7 nitrogen and oxygen atoms in total. The van der Waals surface area contributed by atoms with E-state index in [1.165, 1.54) is 12.1 Å². The van der Waals surface area contributed by atoms with Crippen molar-refractivity contribution in [2.75, 3.05) is 18.0 Å². The Morgan fingerprint density at radius 2 is 1.92 bits per heavy atom. The number of amides is 1. The molecule has 0 aliphatic heterocycles. The van der Waals surface area contributed by atoms with Gasteiger partial charge in [-0.3, -0.25) is 14.9 Å². The molecule has 0 fully saturated rings. The highest BCUT2D eigenvalue weighted by molar-refractivity contribution is 5.79. The number of nitrogens with two attached hydrogens (primary N) is 1. The first kappa shape index (κ1) is 18.9. The van der Waals surface area contributed by atoms with Crippen molar-refractivity contribution in [1.82, 2.24) is 0 Å². The van der Waals surface area contributed by atoms with Crippen molar-refractivity contribution in [2.24, 2.45) is 5.73 Å². The summed E-state index contributed by atoms with van der Waals surface area (Å²) in [5.41, 5.74) is 7.77. The van der Waals surface area contributed by atoms with Gasteiger partial charge in [-0.25, -0.2) is 0 Å². The number of aryl methyl sites for hydroxylation is 1. The van der Waals surface area contributed by atoms with Crippen LogP contribution in [0.25, 0.3) is 0 Å². The van der Waals surface area contributed by atoms with Crippen molar-refractivity contribution in [2.45, 2.75) is 19.3 Å². The fraction of sp³-hybridized carbons (Fsp3) is 0.263. The second-order valence-electron chi connectivity index (χ2n) is 5.93. The van der Waals surface area contributed by atoms with Crippen molar-refractivity contribution in [1.29, 1.82) is 5.26 Å². The lowest BCUT2D eigenvalue weighted by atomic mass is 10.1. The van der Waals surface area contributed by atoms with Crippen LogP contribution in [-0.2, 0) is 11.2 Å². The molecule has 0 aromatic heterocycles. The summed E-state index contributed by atoms with van der Waals surface area (Å²) >= 11 is 0. The number of rotatable bonds is 9. The zero-order valence-electron chi connectivity index (χ0n) is 14.3. The number of nitro benzene ring substituents is 1. The SMILES string of the molecule is N#Cc1cccc(N(CCCCc2ccc([N+](=O)[O-])cc2)CC(N)=O)c1. The van der Waals surface area contributed by atoms with Crippen LogP contribution in [0.1, 0.15) is 24.0 Å². The van der Waals surface area contributed by atoms with Gasteiger partial charge < -0.3 is 10.6 Å². The number of unbranched alkanes of at least 4 members (excludes halogenated alkanes) is 1. The number of nitriles is 1. The predicted octanol–water partition coefficient (Wildman–Crippen LogP) is 2.78. The number of benzene rings is 2. The van der Waals surface area contributed by atoms with Crippen LogP contribution in [0.15, 0.2) is 48.5 Å². The second-order valence-corrected chi connectivity index (χ2v) is 5.93. The van der Waals surface area contributed by atoms with Gasteiger partial charge >= 0.3 is 0 Å². The third-order valence-corrected chi connectivity index (χ3v) is 3.98. The van der Waals surface area contributed by atoms with Crippen molar-refractivity contribution in [3.05, 3.63) is 69.8 Å². The van der Waals surface area contributed by atoms with E-state index in [0.29, 0.717) is 12.1 Å². The highest BCUT2D eigenvalue weighted by Gasteiger charge is 2.10. The summed E-state index contributed by atoms with van der Waals surface area (Å²) in [5.74, 6) is -0.428. The van der Waals surface area contributed by atoms with E-state index in [9.17, 15) is 14.9 Å². The molecular weight excluding hydrogens is 332 g/mol. The molecule has 2 aromatic carbocycles. The average molecular weight is 352 g/mol. The fourth-order valence-electron chi connectivity index (χ4n) is 2.68. The number of nitro groups is 1. The highest BCUT2D eigenvalue weighted by Crippen LogP contribution is 2.18. The van der Waals surface area contributed by atoms with Crippen LogP contribution < -0.4 is 10.6 Å². The zero-order chi connectivity index (χ0) is 18.9. The van der Waals surface area contributed by atoms with Crippen LogP contribution in [0.2, 0.25) is 0 Å². The number of anilines is 1. The Hall–Kier alpha value is -3.40. The molecule has 0 aliphatic rings. The average Bonchev–Trinajstić information content (AvgIpc) is 2.64. The van der Waals surface area contributed by atoms with Gasteiger partial charge in [0, 0.05) is 24.4 Å². The van der Waals surface area contributed by atoms with Crippen LogP contribution in [0, 0.1) is 21.4 Å². The van der Waals surface area contributed by atoms with Crippen LogP contribution in [-0.4, -0.2) is 23.9 Å². The molecule has 0 bridgehead atoms. The number of non-ortho nitro benzene ring substituents is 1. The summed E-state index contributed by atoms with van der Waals surface area (Å²) < 4.78 is 0. The van der Waals surface area contributed by atoms with Crippen molar-refractivity contribution in [3.63, 3.8) is 0 Å². The van der Waals surface area contributed by atoms with E-state index >= 15 is 0 Å². The minimum absolute atomic E-state index is 0.0822. The Balaban J connectivity index is 1.91. The standard InChI is InChI=1S/C19H20N4O3/c20-13-16-5-3-6-18(12-16)22(14-19(21)24)11-2-1-4-15-7-9-17(10-8-15)23(25)26/h3,5-10,12H,1-2,4,11,14H2,(H2,21,24). The van der Waals surface area contributed by atoms with E-state index in [-0.39, 0.29) is 12.2 Å². The second kappa shape index (κ2) is 9.18. The topological polar surface area (TPSA) is 113 Å². The van der Waals surface area contributed by atoms with Crippen LogP contribution in [0.3, 0.4) is 0 Å². The minimum Gasteiger partial charge on any atom is -0.368 e. The molecule has 0 saturated carbocycles. The number of nitrogens with zero attached hydrogens (tertiary/aromatic N) is 3.